The van der Waals surface area contributed by atoms with Crippen LogP contribution in [0.15, 0.2) is 12.2 Å². The smallest absolute Gasteiger partial charge is 0.305 e. The molecule has 2 heteroatoms. The van der Waals surface area contributed by atoms with Crippen molar-refractivity contribution in [2.75, 3.05) is 6.61 Å². The summed E-state index contributed by atoms with van der Waals surface area (Å²) in [7, 11) is 0. The number of unbranched alkanes of at least 4 members (excludes halogenated alkanes) is 22. The van der Waals surface area contributed by atoms with E-state index in [0.29, 0.717) is 13.0 Å². The first-order valence-corrected chi connectivity index (χ1v) is 15.6. The van der Waals surface area contributed by atoms with Gasteiger partial charge in [0.25, 0.3) is 0 Å². The molecule has 0 aliphatic heterocycles. The van der Waals surface area contributed by atoms with Gasteiger partial charge in [0, 0.05) is 6.42 Å². The third kappa shape index (κ3) is 29.2. The minimum Gasteiger partial charge on any atom is -0.466 e. The van der Waals surface area contributed by atoms with Crippen molar-refractivity contribution in [1.29, 1.82) is 0 Å². The highest BCUT2D eigenvalue weighted by molar-refractivity contribution is 5.69. The van der Waals surface area contributed by atoms with Crippen molar-refractivity contribution in [2.45, 2.75) is 181 Å². The molecular formula is C32H62O2. The minimum atomic E-state index is 0.0181. The quantitative estimate of drug-likeness (QED) is 0.0634. The lowest BCUT2D eigenvalue weighted by atomic mass is 10.0. The van der Waals surface area contributed by atoms with Crippen LogP contribution in [-0.2, 0) is 9.53 Å². The van der Waals surface area contributed by atoms with Gasteiger partial charge in [0.05, 0.1) is 6.61 Å². The Balaban J connectivity index is 3.18. The summed E-state index contributed by atoms with van der Waals surface area (Å²) in [5.74, 6) is 0.0181. The molecule has 0 heterocycles. The summed E-state index contributed by atoms with van der Waals surface area (Å²) in [6.07, 6.45) is 38.2. The lowest BCUT2D eigenvalue weighted by Crippen LogP contribution is -2.05. The Bertz CT molecular complexity index is 415. The first-order chi connectivity index (χ1) is 16.8. The monoisotopic (exact) mass is 478 g/mol. The molecule has 0 saturated carbocycles. The lowest BCUT2D eigenvalue weighted by Gasteiger charge is -2.05. The molecule has 0 amide bonds. The molecule has 0 aliphatic carbocycles. The van der Waals surface area contributed by atoms with E-state index in [4.69, 9.17) is 4.74 Å². The highest BCUT2D eigenvalue weighted by Crippen LogP contribution is 2.13. The zero-order valence-corrected chi connectivity index (χ0v) is 23.6. The van der Waals surface area contributed by atoms with E-state index in [-0.39, 0.29) is 5.97 Å². The van der Waals surface area contributed by atoms with Crippen LogP contribution in [0.3, 0.4) is 0 Å². The van der Waals surface area contributed by atoms with Gasteiger partial charge >= 0.3 is 5.97 Å². The first-order valence-electron chi connectivity index (χ1n) is 15.6. The number of hydrogen-bond donors (Lipinski definition) is 0. The largest absolute Gasteiger partial charge is 0.466 e. The third-order valence-electron chi connectivity index (χ3n) is 6.90. The zero-order chi connectivity index (χ0) is 24.8. The van der Waals surface area contributed by atoms with Gasteiger partial charge in [-0.3, -0.25) is 4.79 Å². The predicted octanol–water partition coefficient (Wildman–Crippen LogP) is 11.3. The summed E-state index contributed by atoms with van der Waals surface area (Å²) in [6, 6.07) is 0. The second-order valence-corrected chi connectivity index (χ2v) is 10.4. The van der Waals surface area contributed by atoms with Crippen LogP contribution in [0.4, 0.5) is 0 Å². The molecule has 0 aliphatic rings. The highest BCUT2D eigenvalue weighted by Gasteiger charge is 2.02. The minimum absolute atomic E-state index is 0.0181. The topological polar surface area (TPSA) is 26.3 Å². The second-order valence-electron chi connectivity index (χ2n) is 10.4. The number of ether oxygens (including phenoxy) is 1. The van der Waals surface area contributed by atoms with Crippen molar-refractivity contribution in [2.24, 2.45) is 0 Å². The van der Waals surface area contributed by atoms with Gasteiger partial charge in [-0.05, 0) is 38.5 Å². The first kappa shape index (κ1) is 33.2. The fraction of sp³-hybridized carbons (Fsp3) is 0.906. The lowest BCUT2D eigenvalue weighted by molar-refractivity contribution is -0.143. The Labute approximate surface area is 215 Å². The molecule has 0 N–H and O–H groups in total. The van der Waals surface area contributed by atoms with E-state index in [0.717, 1.165) is 12.8 Å². The van der Waals surface area contributed by atoms with Crippen molar-refractivity contribution >= 4 is 5.97 Å². The summed E-state index contributed by atoms with van der Waals surface area (Å²) in [4.78, 5) is 11.8. The maximum Gasteiger partial charge on any atom is 0.305 e. The van der Waals surface area contributed by atoms with Crippen LogP contribution in [0.1, 0.15) is 181 Å². The van der Waals surface area contributed by atoms with Crippen molar-refractivity contribution < 1.29 is 9.53 Å². The predicted molar refractivity (Wildman–Crippen MR) is 151 cm³/mol. The highest BCUT2D eigenvalue weighted by atomic mass is 16.5. The van der Waals surface area contributed by atoms with E-state index >= 15 is 0 Å². The zero-order valence-electron chi connectivity index (χ0n) is 23.6. The van der Waals surface area contributed by atoms with Crippen LogP contribution in [-0.4, -0.2) is 12.6 Å². The van der Waals surface area contributed by atoms with Gasteiger partial charge in [-0.15, -0.1) is 0 Å². The molecule has 0 aromatic rings. The molecule has 0 fully saturated rings. The van der Waals surface area contributed by atoms with Crippen molar-refractivity contribution in [3.8, 4) is 0 Å². The van der Waals surface area contributed by atoms with E-state index in [1.807, 2.05) is 0 Å². The molecule has 0 atom stereocenters. The molecule has 0 spiro atoms. The molecular weight excluding hydrogens is 416 g/mol. The van der Waals surface area contributed by atoms with Gasteiger partial charge in [-0.1, -0.05) is 148 Å². The van der Waals surface area contributed by atoms with E-state index in [2.05, 4.69) is 26.0 Å². The van der Waals surface area contributed by atoms with Crippen LogP contribution in [0.2, 0.25) is 0 Å². The van der Waals surface area contributed by atoms with Gasteiger partial charge in [-0.2, -0.15) is 0 Å². The Kier molecular flexibility index (Phi) is 29.5. The van der Waals surface area contributed by atoms with Crippen LogP contribution >= 0.6 is 0 Å². The number of carbonyl (C=O) groups is 1. The average Bonchev–Trinajstić information content (AvgIpc) is 2.84. The molecule has 2 nitrogen and oxygen atoms in total. The molecule has 0 aromatic heterocycles. The number of hydrogen-bond acceptors (Lipinski definition) is 2. The van der Waals surface area contributed by atoms with Gasteiger partial charge in [0.2, 0.25) is 0 Å². The second kappa shape index (κ2) is 30.2. The number of allylic oxidation sites excluding steroid dienone is 2. The fourth-order valence-electron chi connectivity index (χ4n) is 4.54. The molecule has 0 aromatic carbocycles. The van der Waals surface area contributed by atoms with Crippen LogP contribution in [0, 0.1) is 0 Å². The van der Waals surface area contributed by atoms with E-state index in [1.165, 1.54) is 148 Å². The maximum absolute atomic E-state index is 11.8. The standard InChI is InChI=1S/C32H62O2/c1-3-5-7-9-11-13-15-17-19-21-23-25-27-29-31-34-32(33)30-28-26-24-22-20-18-16-14-12-10-8-6-4-2/h13,15H,3-12,14,16-31H2,1-2H3. The summed E-state index contributed by atoms with van der Waals surface area (Å²) in [5.41, 5.74) is 0. The number of rotatable bonds is 28. The number of carbonyl (C=O) groups excluding carboxylic acids is 1. The Morgan fingerprint density at radius 2 is 0.824 bits per heavy atom. The molecule has 202 valence electrons. The van der Waals surface area contributed by atoms with Crippen LogP contribution in [0.5, 0.6) is 0 Å². The fourth-order valence-corrected chi connectivity index (χ4v) is 4.54. The van der Waals surface area contributed by atoms with Gasteiger partial charge in [0.15, 0.2) is 0 Å². The Morgan fingerprint density at radius 1 is 0.471 bits per heavy atom. The Hall–Kier alpha value is -0.790. The summed E-state index contributed by atoms with van der Waals surface area (Å²) in [5, 5.41) is 0. The normalized spacial score (nSPS) is 11.5. The third-order valence-corrected chi connectivity index (χ3v) is 6.90. The number of esters is 1. The molecule has 0 unspecified atom stereocenters. The van der Waals surface area contributed by atoms with Gasteiger partial charge in [0.1, 0.15) is 0 Å². The Morgan fingerprint density at radius 3 is 1.29 bits per heavy atom. The summed E-state index contributed by atoms with van der Waals surface area (Å²) in [6.45, 7) is 5.17. The molecule has 0 saturated heterocycles. The van der Waals surface area contributed by atoms with Crippen molar-refractivity contribution in [3.05, 3.63) is 12.2 Å². The molecule has 34 heavy (non-hydrogen) atoms. The molecule has 0 bridgehead atoms. The van der Waals surface area contributed by atoms with Crippen molar-refractivity contribution in [3.63, 3.8) is 0 Å². The van der Waals surface area contributed by atoms with E-state index < -0.39 is 0 Å². The maximum atomic E-state index is 11.8. The van der Waals surface area contributed by atoms with E-state index in [9.17, 15) is 4.79 Å². The SMILES string of the molecule is CCCCCCC=CCCCCCCCCOC(=O)CCCCCCCCCCCCCCC. The molecule has 0 rings (SSSR count). The van der Waals surface area contributed by atoms with Crippen molar-refractivity contribution in [1.82, 2.24) is 0 Å². The van der Waals surface area contributed by atoms with Crippen LogP contribution < -0.4 is 0 Å². The summed E-state index contributed by atoms with van der Waals surface area (Å²) < 4.78 is 5.41. The van der Waals surface area contributed by atoms with Gasteiger partial charge in [-0.25, -0.2) is 0 Å². The van der Waals surface area contributed by atoms with Crippen LogP contribution in [0.25, 0.3) is 0 Å². The molecule has 0 radical (unpaired) electrons. The summed E-state index contributed by atoms with van der Waals surface area (Å²) >= 11 is 0. The average molecular weight is 479 g/mol. The van der Waals surface area contributed by atoms with E-state index in [1.54, 1.807) is 0 Å². The van der Waals surface area contributed by atoms with Gasteiger partial charge < -0.3 is 4.74 Å².